The third kappa shape index (κ3) is 9.48. The summed E-state index contributed by atoms with van der Waals surface area (Å²) in [6.07, 6.45) is 10.5. The molecule has 150 valence electrons. The molecular weight excluding hydrogens is 336 g/mol. The minimum atomic E-state index is -1.01. The van der Waals surface area contributed by atoms with E-state index in [2.05, 4.69) is 6.92 Å². The first kappa shape index (κ1) is 22.8. The summed E-state index contributed by atoms with van der Waals surface area (Å²) in [5, 5.41) is 38.7. The van der Waals surface area contributed by atoms with E-state index >= 15 is 0 Å². The average molecular weight is 370 g/mol. The van der Waals surface area contributed by atoms with Gasteiger partial charge in [0.15, 0.2) is 6.29 Å². The number of allylic oxidation sites excluding steroid dienone is 2. The number of aliphatic hydroxyl groups excluding tert-OH is 3. The predicted molar refractivity (Wildman–Crippen MR) is 99.5 cm³/mol. The summed E-state index contributed by atoms with van der Waals surface area (Å²) in [5.41, 5.74) is 0. The zero-order valence-corrected chi connectivity index (χ0v) is 15.7. The van der Waals surface area contributed by atoms with Crippen LogP contribution in [0, 0.1) is 5.92 Å². The maximum Gasteiger partial charge on any atom is 0.303 e. The number of carboxylic acid groups (broad SMARTS) is 1. The van der Waals surface area contributed by atoms with Crippen LogP contribution in [0.3, 0.4) is 0 Å². The molecule has 5 atom stereocenters. The topological polar surface area (TPSA) is 107 Å². The SMILES string of the molecule is CCCCCC(O)/C=C/C1OC(O)CC(O)C1CC=CCCCC(=O)O. The van der Waals surface area contributed by atoms with Crippen LogP contribution in [0.2, 0.25) is 0 Å². The molecule has 1 heterocycles. The van der Waals surface area contributed by atoms with Crippen LogP contribution in [0.25, 0.3) is 0 Å². The summed E-state index contributed by atoms with van der Waals surface area (Å²) in [5.74, 6) is -1.00. The number of unbranched alkanes of at least 4 members (excludes halogenated alkanes) is 3. The van der Waals surface area contributed by atoms with Gasteiger partial charge in [0.1, 0.15) is 0 Å². The maximum absolute atomic E-state index is 10.5. The van der Waals surface area contributed by atoms with Crippen LogP contribution in [-0.2, 0) is 9.53 Å². The van der Waals surface area contributed by atoms with Crippen molar-refractivity contribution in [1.82, 2.24) is 0 Å². The summed E-state index contributed by atoms with van der Waals surface area (Å²) in [7, 11) is 0. The van der Waals surface area contributed by atoms with E-state index in [0.29, 0.717) is 25.7 Å². The average Bonchev–Trinajstić information content (AvgIpc) is 2.57. The lowest BCUT2D eigenvalue weighted by atomic mass is 9.87. The fourth-order valence-corrected chi connectivity index (χ4v) is 3.10. The first-order chi connectivity index (χ1) is 12.4. The van der Waals surface area contributed by atoms with Gasteiger partial charge in [-0.25, -0.2) is 0 Å². The Hall–Kier alpha value is -1.21. The van der Waals surface area contributed by atoms with E-state index in [9.17, 15) is 20.1 Å². The van der Waals surface area contributed by atoms with Crippen LogP contribution in [0.15, 0.2) is 24.3 Å². The molecule has 0 bridgehead atoms. The van der Waals surface area contributed by atoms with Gasteiger partial charge in [-0.2, -0.15) is 0 Å². The molecular formula is C20H34O6. The van der Waals surface area contributed by atoms with Crippen molar-refractivity contribution in [1.29, 1.82) is 0 Å². The molecule has 5 unspecified atom stereocenters. The molecule has 6 nitrogen and oxygen atoms in total. The quantitative estimate of drug-likeness (QED) is 0.311. The number of hydrogen-bond donors (Lipinski definition) is 4. The Bertz CT molecular complexity index is 448. The van der Waals surface area contributed by atoms with E-state index < -0.39 is 30.6 Å². The van der Waals surface area contributed by atoms with Gasteiger partial charge in [0.05, 0.1) is 18.3 Å². The van der Waals surface area contributed by atoms with Crippen LogP contribution in [-0.4, -0.2) is 51.0 Å². The Morgan fingerprint density at radius 2 is 2.00 bits per heavy atom. The lowest BCUT2D eigenvalue weighted by molar-refractivity contribution is -0.199. The van der Waals surface area contributed by atoms with Crippen molar-refractivity contribution >= 4 is 5.97 Å². The number of aliphatic carboxylic acids is 1. The molecule has 0 aliphatic carbocycles. The van der Waals surface area contributed by atoms with Gasteiger partial charge in [-0.1, -0.05) is 50.5 Å². The number of hydrogen-bond acceptors (Lipinski definition) is 5. The van der Waals surface area contributed by atoms with E-state index in [1.807, 2.05) is 12.2 Å². The molecule has 0 aromatic carbocycles. The minimum absolute atomic E-state index is 0.146. The van der Waals surface area contributed by atoms with Crippen LogP contribution in [0.5, 0.6) is 0 Å². The summed E-state index contributed by atoms with van der Waals surface area (Å²) >= 11 is 0. The van der Waals surface area contributed by atoms with Gasteiger partial charge in [0.2, 0.25) is 0 Å². The number of ether oxygens (including phenoxy) is 1. The Morgan fingerprint density at radius 1 is 1.23 bits per heavy atom. The van der Waals surface area contributed by atoms with Gasteiger partial charge >= 0.3 is 5.97 Å². The highest BCUT2D eigenvalue weighted by Gasteiger charge is 2.35. The van der Waals surface area contributed by atoms with Gasteiger partial charge in [0.25, 0.3) is 0 Å². The summed E-state index contributed by atoms with van der Waals surface area (Å²) in [6, 6.07) is 0. The molecule has 1 rings (SSSR count). The largest absolute Gasteiger partial charge is 0.481 e. The molecule has 6 heteroatoms. The van der Waals surface area contributed by atoms with Gasteiger partial charge in [-0.05, 0) is 25.7 Å². The van der Waals surface area contributed by atoms with Crippen molar-refractivity contribution in [3.63, 3.8) is 0 Å². The zero-order chi connectivity index (χ0) is 19.4. The summed E-state index contributed by atoms with van der Waals surface area (Å²) < 4.78 is 5.54. The number of carbonyl (C=O) groups is 1. The molecule has 0 saturated carbocycles. The Morgan fingerprint density at radius 3 is 2.69 bits per heavy atom. The molecule has 0 radical (unpaired) electrons. The highest BCUT2D eigenvalue weighted by atomic mass is 16.6. The lowest BCUT2D eigenvalue weighted by Crippen LogP contribution is -2.43. The molecule has 1 aliphatic rings. The molecule has 0 spiro atoms. The van der Waals surface area contributed by atoms with Gasteiger partial charge in [-0.3, -0.25) is 4.79 Å². The van der Waals surface area contributed by atoms with E-state index in [1.54, 1.807) is 12.2 Å². The third-order valence-corrected chi connectivity index (χ3v) is 4.64. The molecule has 1 fully saturated rings. The molecule has 0 aromatic rings. The van der Waals surface area contributed by atoms with E-state index in [4.69, 9.17) is 9.84 Å². The van der Waals surface area contributed by atoms with Crippen LogP contribution < -0.4 is 0 Å². The highest BCUT2D eigenvalue weighted by Crippen LogP contribution is 2.29. The van der Waals surface area contributed by atoms with Crippen molar-refractivity contribution in [2.24, 2.45) is 5.92 Å². The first-order valence-corrected chi connectivity index (χ1v) is 9.68. The highest BCUT2D eigenvalue weighted by molar-refractivity contribution is 5.66. The molecule has 26 heavy (non-hydrogen) atoms. The van der Waals surface area contributed by atoms with Crippen LogP contribution in [0.1, 0.15) is 64.7 Å². The molecule has 1 saturated heterocycles. The Labute approximate surface area is 156 Å². The van der Waals surface area contributed by atoms with Gasteiger partial charge in [-0.15, -0.1) is 0 Å². The van der Waals surface area contributed by atoms with E-state index in [0.717, 1.165) is 19.3 Å². The number of carboxylic acids is 1. The van der Waals surface area contributed by atoms with Crippen LogP contribution >= 0.6 is 0 Å². The second-order valence-electron chi connectivity index (χ2n) is 6.96. The Kier molecular flexibility index (Phi) is 11.4. The van der Waals surface area contributed by atoms with Crippen molar-refractivity contribution in [2.75, 3.05) is 0 Å². The van der Waals surface area contributed by atoms with Crippen molar-refractivity contribution in [3.05, 3.63) is 24.3 Å². The van der Waals surface area contributed by atoms with Crippen molar-refractivity contribution in [2.45, 2.75) is 89.3 Å². The number of aliphatic hydroxyl groups is 3. The zero-order valence-electron chi connectivity index (χ0n) is 15.7. The fraction of sp³-hybridized carbons (Fsp3) is 0.750. The Balaban J connectivity index is 2.52. The fourth-order valence-electron chi connectivity index (χ4n) is 3.10. The third-order valence-electron chi connectivity index (χ3n) is 4.64. The van der Waals surface area contributed by atoms with E-state index in [-0.39, 0.29) is 18.8 Å². The summed E-state index contributed by atoms with van der Waals surface area (Å²) in [4.78, 5) is 10.5. The van der Waals surface area contributed by atoms with Gasteiger partial charge < -0.3 is 25.2 Å². The smallest absolute Gasteiger partial charge is 0.303 e. The maximum atomic E-state index is 10.5. The van der Waals surface area contributed by atoms with E-state index in [1.165, 1.54) is 0 Å². The molecule has 1 aliphatic heterocycles. The predicted octanol–water partition coefficient (Wildman–Crippen LogP) is 2.77. The summed E-state index contributed by atoms with van der Waals surface area (Å²) in [6.45, 7) is 2.11. The molecule has 0 aromatic heterocycles. The minimum Gasteiger partial charge on any atom is -0.481 e. The number of rotatable bonds is 12. The molecule has 0 amide bonds. The van der Waals surface area contributed by atoms with Crippen molar-refractivity contribution in [3.8, 4) is 0 Å². The lowest BCUT2D eigenvalue weighted by Gasteiger charge is -2.36. The first-order valence-electron chi connectivity index (χ1n) is 9.68. The van der Waals surface area contributed by atoms with Gasteiger partial charge in [0, 0.05) is 18.8 Å². The second kappa shape index (κ2) is 13.0. The second-order valence-corrected chi connectivity index (χ2v) is 6.96. The monoisotopic (exact) mass is 370 g/mol. The standard InChI is InChI=1S/C20H34O6/c1-2-3-6-9-15(21)12-13-18-16(17(22)14-20(25)26-18)10-7-4-5-8-11-19(23)24/h4,7,12-13,15-18,20-22,25H,2-3,5-6,8-11,14H2,1H3,(H,23,24)/b7-4?,13-12+. The normalized spacial score (nSPS) is 28.0. The van der Waals surface area contributed by atoms with Crippen molar-refractivity contribution < 1.29 is 30.0 Å². The van der Waals surface area contributed by atoms with Crippen LogP contribution in [0.4, 0.5) is 0 Å². The molecule has 4 N–H and O–H groups in total.